The van der Waals surface area contributed by atoms with Crippen molar-refractivity contribution in [1.29, 1.82) is 0 Å². The summed E-state index contributed by atoms with van der Waals surface area (Å²) in [6, 6.07) is 11.2. The Kier molecular flexibility index (Phi) is 4.06. The van der Waals surface area contributed by atoms with E-state index in [9.17, 15) is 4.79 Å². The molecule has 3 rings (SSSR count). The molecule has 3 nitrogen and oxygen atoms in total. The van der Waals surface area contributed by atoms with E-state index in [1.165, 1.54) is 25.7 Å². The van der Waals surface area contributed by atoms with E-state index in [4.69, 9.17) is 0 Å². The minimum Gasteiger partial charge on any atom is -0.326 e. The Hall–Kier alpha value is -1.35. The third kappa shape index (κ3) is 3.04. The van der Waals surface area contributed by atoms with Gasteiger partial charge >= 0.3 is 0 Å². The van der Waals surface area contributed by atoms with Gasteiger partial charge < -0.3 is 5.32 Å². The maximum absolute atomic E-state index is 12.0. The molecule has 108 valence electrons. The van der Waals surface area contributed by atoms with Crippen LogP contribution in [0.1, 0.15) is 39.0 Å². The van der Waals surface area contributed by atoms with Crippen LogP contribution >= 0.6 is 0 Å². The number of benzene rings is 1. The molecule has 2 atom stereocenters. The maximum Gasteiger partial charge on any atom is 0.225 e. The Morgan fingerprint density at radius 2 is 1.85 bits per heavy atom. The Labute approximate surface area is 121 Å². The van der Waals surface area contributed by atoms with Crippen LogP contribution in [-0.2, 0) is 4.79 Å². The van der Waals surface area contributed by atoms with Gasteiger partial charge in [-0.2, -0.15) is 0 Å². The van der Waals surface area contributed by atoms with Crippen LogP contribution in [0.25, 0.3) is 0 Å². The van der Waals surface area contributed by atoms with Gasteiger partial charge in [-0.05, 0) is 43.7 Å². The molecule has 2 aliphatic rings. The summed E-state index contributed by atoms with van der Waals surface area (Å²) < 4.78 is 0. The predicted molar refractivity (Wildman–Crippen MR) is 81.6 cm³/mol. The van der Waals surface area contributed by atoms with E-state index in [2.05, 4.69) is 17.1 Å². The van der Waals surface area contributed by atoms with Gasteiger partial charge in [-0.15, -0.1) is 0 Å². The predicted octanol–water partition coefficient (Wildman–Crippen LogP) is 3.28. The molecule has 0 radical (unpaired) electrons. The zero-order chi connectivity index (χ0) is 13.9. The highest BCUT2D eigenvalue weighted by molar-refractivity contribution is 5.90. The van der Waals surface area contributed by atoms with E-state index in [-0.39, 0.29) is 5.91 Å². The summed E-state index contributed by atoms with van der Waals surface area (Å²) in [6.07, 6.45) is 5.90. The van der Waals surface area contributed by atoms with E-state index >= 15 is 0 Å². The molecule has 1 aromatic carbocycles. The van der Waals surface area contributed by atoms with Gasteiger partial charge in [0.1, 0.15) is 0 Å². The minimum atomic E-state index is 0.134. The number of fused-ring (bicyclic) bond motifs is 2. The number of hydrogen-bond donors (Lipinski definition) is 1. The highest BCUT2D eigenvalue weighted by atomic mass is 16.1. The second kappa shape index (κ2) is 5.96. The number of rotatable bonds is 4. The second-order valence-corrected chi connectivity index (χ2v) is 6.36. The molecular weight excluding hydrogens is 248 g/mol. The lowest BCUT2D eigenvalue weighted by atomic mass is 9.92. The fraction of sp³-hybridized carbons (Fsp3) is 0.588. The van der Waals surface area contributed by atoms with Crippen molar-refractivity contribution in [3.63, 3.8) is 0 Å². The minimum absolute atomic E-state index is 0.134. The van der Waals surface area contributed by atoms with Crippen LogP contribution in [0.4, 0.5) is 5.69 Å². The Morgan fingerprint density at radius 3 is 2.50 bits per heavy atom. The smallest absolute Gasteiger partial charge is 0.225 e. The third-order valence-corrected chi connectivity index (χ3v) is 4.77. The van der Waals surface area contributed by atoms with Crippen molar-refractivity contribution in [2.75, 3.05) is 11.9 Å². The number of piperidine rings is 1. The summed E-state index contributed by atoms with van der Waals surface area (Å²) in [5, 5.41) is 2.97. The van der Waals surface area contributed by atoms with Gasteiger partial charge in [-0.1, -0.05) is 25.1 Å². The molecule has 2 saturated heterocycles. The first kappa shape index (κ1) is 13.6. The number of carbonyl (C=O) groups is 1. The van der Waals surface area contributed by atoms with Crippen LogP contribution < -0.4 is 5.32 Å². The molecule has 2 unspecified atom stereocenters. The molecule has 2 aliphatic heterocycles. The van der Waals surface area contributed by atoms with Gasteiger partial charge in [0.25, 0.3) is 0 Å². The standard InChI is InChI=1S/C17H24N2O/c1-13-11-15-7-8-16(12-13)19(15)10-9-17(20)18-14-5-3-2-4-6-14/h2-6,13,15-16H,7-12H2,1H3,(H,18,20). The van der Waals surface area contributed by atoms with Crippen LogP contribution in [-0.4, -0.2) is 29.4 Å². The van der Waals surface area contributed by atoms with Gasteiger partial charge in [-0.25, -0.2) is 0 Å². The van der Waals surface area contributed by atoms with E-state index in [1.54, 1.807) is 0 Å². The van der Waals surface area contributed by atoms with Crippen LogP contribution in [0.3, 0.4) is 0 Å². The number of anilines is 1. The first-order valence-electron chi connectivity index (χ1n) is 7.83. The monoisotopic (exact) mass is 272 g/mol. The molecule has 0 aromatic heterocycles. The van der Waals surface area contributed by atoms with Crippen LogP contribution in [0.15, 0.2) is 30.3 Å². The number of nitrogens with one attached hydrogen (secondary N) is 1. The summed E-state index contributed by atoms with van der Waals surface area (Å²) in [7, 11) is 0. The van der Waals surface area contributed by atoms with Gasteiger partial charge in [0.15, 0.2) is 0 Å². The summed E-state index contributed by atoms with van der Waals surface area (Å²) in [5.74, 6) is 0.996. The molecule has 0 spiro atoms. The summed E-state index contributed by atoms with van der Waals surface area (Å²) >= 11 is 0. The molecule has 1 amide bonds. The van der Waals surface area contributed by atoms with Gasteiger partial charge in [0, 0.05) is 30.7 Å². The fourth-order valence-electron chi connectivity index (χ4n) is 3.89. The van der Waals surface area contributed by atoms with Gasteiger partial charge in [0.05, 0.1) is 0 Å². The highest BCUT2D eigenvalue weighted by Gasteiger charge is 2.38. The highest BCUT2D eigenvalue weighted by Crippen LogP contribution is 2.38. The van der Waals surface area contributed by atoms with Crippen molar-refractivity contribution < 1.29 is 4.79 Å². The lowest BCUT2D eigenvalue weighted by Gasteiger charge is -2.37. The number of para-hydroxylation sites is 1. The molecule has 1 N–H and O–H groups in total. The van der Waals surface area contributed by atoms with Crippen LogP contribution in [0.2, 0.25) is 0 Å². The zero-order valence-electron chi connectivity index (χ0n) is 12.2. The van der Waals surface area contributed by atoms with Crippen LogP contribution in [0.5, 0.6) is 0 Å². The topological polar surface area (TPSA) is 32.3 Å². The van der Waals surface area contributed by atoms with Crippen molar-refractivity contribution in [3.8, 4) is 0 Å². The van der Waals surface area contributed by atoms with Crippen molar-refractivity contribution in [2.24, 2.45) is 5.92 Å². The molecule has 3 heteroatoms. The van der Waals surface area contributed by atoms with Gasteiger partial charge in [0.2, 0.25) is 5.91 Å². The van der Waals surface area contributed by atoms with E-state index in [0.717, 1.165) is 30.2 Å². The maximum atomic E-state index is 12.0. The molecule has 2 fully saturated rings. The largest absolute Gasteiger partial charge is 0.326 e. The molecule has 2 heterocycles. The molecule has 0 aliphatic carbocycles. The SMILES string of the molecule is CC1CC2CCC(C1)N2CCC(=O)Nc1ccccc1. The Balaban J connectivity index is 1.49. The molecule has 1 aromatic rings. The lowest BCUT2D eigenvalue weighted by Crippen LogP contribution is -2.43. The zero-order valence-corrected chi connectivity index (χ0v) is 12.2. The molecule has 0 saturated carbocycles. The van der Waals surface area contributed by atoms with Gasteiger partial charge in [-0.3, -0.25) is 9.69 Å². The quantitative estimate of drug-likeness (QED) is 0.912. The molecule has 2 bridgehead atoms. The molecule has 20 heavy (non-hydrogen) atoms. The Morgan fingerprint density at radius 1 is 1.20 bits per heavy atom. The van der Waals surface area contributed by atoms with Crippen molar-refractivity contribution in [3.05, 3.63) is 30.3 Å². The second-order valence-electron chi connectivity index (χ2n) is 6.36. The van der Waals surface area contributed by atoms with E-state index in [0.29, 0.717) is 6.42 Å². The normalized spacial score (nSPS) is 29.4. The lowest BCUT2D eigenvalue weighted by molar-refractivity contribution is -0.116. The van der Waals surface area contributed by atoms with Crippen molar-refractivity contribution >= 4 is 11.6 Å². The first-order chi connectivity index (χ1) is 9.72. The van der Waals surface area contributed by atoms with E-state index < -0.39 is 0 Å². The molecular formula is C17H24N2O. The number of amides is 1. The number of carbonyl (C=O) groups excluding carboxylic acids is 1. The number of hydrogen-bond acceptors (Lipinski definition) is 2. The summed E-state index contributed by atoms with van der Waals surface area (Å²) in [5.41, 5.74) is 0.896. The Bertz CT molecular complexity index is 445. The van der Waals surface area contributed by atoms with Crippen LogP contribution in [0, 0.1) is 5.92 Å². The summed E-state index contributed by atoms with van der Waals surface area (Å²) in [6.45, 7) is 3.28. The van der Waals surface area contributed by atoms with E-state index in [1.807, 2.05) is 30.3 Å². The fourth-order valence-corrected chi connectivity index (χ4v) is 3.89. The van der Waals surface area contributed by atoms with Crippen molar-refractivity contribution in [2.45, 2.75) is 51.1 Å². The first-order valence-corrected chi connectivity index (χ1v) is 7.83. The summed E-state index contributed by atoms with van der Waals surface area (Å²) in [4.78, 5) is 14.6. The average molecular weight is 272 g/mol. The van der Waals surface area contributed by atoms with Crippen molar-refractivity contribution in [1.82, 2.24) is 4.90 Å². The average Bonchev–Trinajstić information content (AvgIpc) is 2.68. The third-order valence-electron chi connectivity index (χ3n) is 4.77. The number of nitrogens with zero attached hydrogens (tertiary/aromatic N) is 1.